The average Bonchev–Trinajstić information content (AvgIpc) is 1.85. The van der Waals surface area contributed by atoms with Gasteiger partial charge in [-0.2, -0.15) is 8.42 Å². The van der Waals surface area contributed by atoms with E-state index in [-0.39, 0.29) is 6.61 Å². The lowest BCUT2D eigenvalue weighted by atomic mass is 10.3. The molecule has 66 valence electrons. The molecule has 0 spiro atoms. The van der Waals surface area contributed by atoms with Crippen molar-refractivity contribution in [1.82, 2.24) is 0 Å². The van der Waals surface area contributed by atoms with Gasteiger partial charge in [-0.3, -0.25) is 4.18 Å². The van der Waals surface area contributed by atoms with Crippen LogP contribution >= 0.6 is 0 Å². The molecule has 4 heteroatoms. The Bertz CT molecular complexity index is 204. The average molecular weight is 178 g/mol. The zero-order valence-corrected chi connectivity index (χ0v) is 7.73. The van der Waals surface area contributed by atoms with Gasteiger partial charge in [0.25, 0.3) is 10.1 Å². The van der Waals surface area contributed by atoms with Gasteiger partial charge >= 0.3 is 0 Å². The summed E-state index contributed by atoms with van der Waals surface area (Å²) in [6.07, 6.45) is 6.56. The van der Waals surface area contributed by atoms with Gasteiger partial charge in [-0.1, -0.05) is 19.1 Å². The summed E-state index contributed by atoms with van der Waals surface area (Å²) in [6, 6.07) is 0. The lowest BCUT2D eigenvalue weighted by Gasteiger charge is -1.95. The van der Waals surface area contributed by atoms with Crippen molar-refractivity contribution in [2.75, 3.05) is 12.9 Å². The molecular weight excluding hydrogens is 164 g/mol. The summed E-state index contributed by atoms with van der Waals surface area (Å²) >= 11 is 0. The van der Waals surface area contributed by atoms with Crippen LogP contribution in [0.25, 0.3) is 0 Å². The molecule has 3 nitrogen and oxygen atoms in total. The van der Waals surface area contributed by atoms with E-state index < -0.39 is 10.1 Å². The topological polar surface area (TPSA) is 43.4 Å². The van der Waals surface area contributed by atoms with Gasteiger partial charge in [0, 0.05) is 0 Å². The predicted octanol–water partition coefficient (Wildman–Crippen LogP) is 1.32. The maximum atomic E-state index is 10.4. The van der Waals surface area contributed by atoms with Crippen LogP contribution in [0.15, 0.2) is 12.2 Å². The number of hydrogen-bond acceptors (Lipinski definition) is 3. The molecule has 0 aliphatic heterocycles. The Kier molecular flexibility index (Phi) is 5.15. The molecule has 0 fully saturated rings. The van der Waals surface area contributed by atoms with Crippen molar-refractivity contribution >= 4 is 10.1 Å². The minimum Gasteiger partial charge on any atom is -0.270 e. The van der Waals surface area contributed by atoms with Crippen molar-refractivity contribution in [2.24, 2.45) is 0 Å². The van der Waals surface area contributed by atoms with Gasteiger partial charge in [-0.25, -0.2) is 0 Å². The molecule has 0 bridgehead atoms. The van der Waals surface area contributed by atoms with E-state index in [0.29, 0.717) is 6.42 Å². The zero-order chi connectivity index (χ0) is 8.74. The summed E-state index contributed by atoms with van der Waals surface area (Å²) in [6.45, 7) is 2.27. The summed E-state index contributed by atoms with van der Waals surface area (Å²) in [4.78, 5) is 0. The van der Waals surface area contributed by atoms with Crippen LogP contribution in [0, 0.1) is 0 Å². The van der Waals surface area contributed by atoms with E-state index in [2.05, 4.69) is 4.18 Å². The molecule has 0 heterocycles. The maximum absolute atomic E-state index is 10.4. The minimum absolute atomic E-state index is 0.245. The first-order valence-electron chi connectivity index (χ1n) is 3.55. The van der Waals surface area contributed by atoms with Gasteiger partial charge in [0.15, 0.2) is 0 Å². The van der Waals surface area contributed by atoms with Crippen LogP contribution in [0.3, 0.4) is 0 Å². The van der Waals surface area contributed by atoms with Crippen molar-refractivity contribution in [1.29, 1.82) is 0 Å². The van der Waals surface area contributed by atoms with E-state index in [1.807, 2.05) is 19.1 Å². The Hall–Kier alpha value is -0.350. The first kappa shape index (κ1) is 10.7. The fraction of sp³-hybridized carbons (Fsp3) is 0.714. The summed E-state index contributed by atoms with van der Waals surface area (Å²) in [7, 11) is -3.25. The van der Waals surface area contributed by atoms with E-state index >= 15 is 0 Å². The molecule has 0 atom stereocenters. The van der Waals surface area contributed by atoms with Crippen LogP contribution in [0.2, 0.25) is 0 Å². The minimum atomic E-state index is -3.25. The monoisotopic (exact) mass is 178 g/mol. The van der Waals surface area contributed by atoms with E-state index in [1.54, 1.807) is 0 Å². The molecule has 0 rings (SSSR count). The number of allylic oxidation sites excluding steroid dienone is 1. The van der Waals surface area contributed by atoms with Gasteiger partial charge in [0.2, 0.25) is 0 Å². The third kappa shape index (κ3) is 9.65. The van der Waals surface area contributed by atoms with Crippen molar-refractivity contribution in [2.45, 2.75) is 19.8 Å². The third-order valence-electron chi connectivity index (χ3n) is 0.984. The van der Waals surface area contributed by atoms with Crippen LogP contribution in [0.1, 0.15) is 19.8 Å². The Morgan fingerprint density at radius 1 is 1.36 bits per heavy atom. The Morgan fingerprint density at radius 3 is 2.45 bits per heavy atom. The zero-order valence-electron chi connectivity index (χ0n) is 6.91. The maximum Gasteiger partial charge on any atom is 0.264 e. The molecule has 0 aromatic carbocycles. The van der Waals surface area contributed by atoms with Crippen LogP contribution in [-0.2, 0) is 14.3 Å². The Morgan fingerprint density at radius 2 is 2.00 bits per heavy atom. The molecule has 0 radical (unpaired) electrons. The van der Waals surface area contributed by atoms with Crippen LogP contribution in [-0.4, -0.2) is 21.3 Å². The number of hydrogen-bond donors (Lipinski definition) is 0. The quantitative estimate of drug-likeness (QED) is 0.362. The van der Waals surface area contributed by atoms with Gasteiger partial charge in [-0.05, 0) is 12.8 Å². The Balaban J connectivity index is 3.36. The van der Waals surface area contributed by atoms with Gasteiger partial charge in [-0.15, -0.1) is 0 Å². The van der Waals surface area contributed by atoms with Crippen LogP contribution in [0.5, 0.6) is 0 Å². The molecule has 0 aromatic heterocycles. The SMILES string of the molecule is CCC=CCCOS(C)(=O)=O. The highest BCUT2D eigenvalue weighted by atomic mass is 32.2. The van der Waals surface area contributed by atoms with E-state index in [0.717, 1.165) is 12.7 Å². The second-order valence-electron chi connectivity index (χ2n) is 2.19. The molecule has 0 saturated heterocycles. The van der Waals surface area contributed by atoms with E-state index in [4.69, 9.17) is 0 Å². The molecule has 0 saturated carbocycles. The summed E-state index contributed by atoms with van der Waals surface area (Å²) in [5, 5.41) is 0. The van der Waals surface area contributed by atoms with E-state index in [1.165, 1.54) is 0 Å². The van der Waals surface area contributed by atoms with Crippen molar-refractivity contribution in [3.8, 4) is 0 Å². The molecule has 0 unspecified atom stereocenters. The predicted molar refractivity (Wildman–Crippen MR) is 44.8 cm³/mol. The molecule has 0 amide bonds. The normalized spacial score (nSPS) is 12.5. The van der Waals surface area contributed by atoms with Gasteiger partial charge in [0.05, 0.1) is 12.9 Å². The highest BCUT2D eigenvalue weighted by molar-refractivity contribution is 7.85. The molecule has 11 heavy (non-hydrogen) atoms. The largest absolute Gasteiger partial charge is 0.270 e. The Labute approximate surface area is 68.2 Å². The fourth-order valence-corrected chi connectivity index (χ4v) is 0.951. The number of rotatable bonds is 5. The molecular formula is C7H14O3S. The summed E-state index contributed by atoms with van der Waals surface area (Å²) in [5.74, 6) is 0. The van der Waals surface area contributed by atoms with Crippen molar-refractivity contribution < 1.29 is 12.6 Å². The van der Waals surface area contributed by atoms with Gasteiger partial charge in [0.1, 0.15) is 0 Å². The second kappa shape index (κ2) is 5.32. The lowest BCUT2D eigenvalue weighted by Crippen LogP contribution is -2.02. The van der Waals surface area contributed by atoms with Crippen molar-refractivity contribution in [3.05, 3.63) is 12.2 Å². The van der Waals surface area contributed by atoms with E-state index in [9.17, 15) is 8.42 Å². The summed E-state index contributed by atoms with van der Waals surface area (Å²) < 4.78 is 25.3. The highest BCUT2D eigenvalue weighted by Gasteiger charge is 1.97. The first-order chi connectivity index (χ1) is 5.06. The second-order valence-corrected chi connectivity index (χ2v) is 3.84. The van der Waals surface area contributed by atoms with Gasteiger partial charge < -0.3 is 0 Å². The molecule has 0 aliphatic rings. The first-order valence-corrected chi connectivity index (χ1v) is 5.37. The standard InChI is InChI=1S/C7H14O3S/c1-3-4-5-6-7-10-11(2,8)9/h4-5H,3,6-7H2,1-2H3. The molecule has 0 N–H and O–H groups in total. The smallest absolute Gasteiger partial charge is 0.264 e. The molecule has 0 aliphatic carbocycles. The van der Waals surface area contributed by atoms with Crippen molar-refractivity contribution in [3.63, 3.8) is 0 Å². The summed E-state index contributed by atoms with van der Waals surface area (Å²) in [5.41, 5.74) is 0. The lowest BCUT2D eigenvalue weighted by molar-refractivity contribution is 0.328. The third-order valence-corrected chi connectivity index (χ3v) is 1.58. The fourth-order valence-electron chi connectivity index (χ4n) is 0.552. The highest BCUT2D eigenvalue weighted by Crippen LogP contribution is 1.91. The molecule has 0 aromatic rings. The van der Waals surface area contributed by atoms with Crippen LogP contribution in [0.4, 0.5) is 0 Å². The van der Waals surface area contributed by atoms with Crippen LogP contribution < -0.4 is 0 Å².